The molecule has 52 heavy (non-hydrogen) atoms. The van der Waals surface area contributed by atoms with Crippen LogP contribution in [0, 0.1) is 13.8 Å². The van der Waals surface area contributed by atoms with Crippen molar-refractivity contribution in [2.24, 2.45) is 9.98 Å². The Morgan fingerprint density at radius 2 is 0.904 bits per heavy atom. The van der Waals surface area contributed by atoms with Gasteiger partial charge in [0, 0.05) is 56.6 Å². The summed E-state index contributed by atoms with van der Waals surface area (Å²) in [5.74, 6) is -5.66. The molecular weight excluding hydrogens is 738 g/mol. The molecule has 14 nitrogen and oxygen atoms in total. The van der Waals surface area contributed by atoms with E-state index in [1.165, 1.54) is 0 Å². The van der Waals surface area contributed by atoms with Crippen LogP contribution >= 0.6 is 0 Å². The van der Waals surface area contributed by atoms with Crippen LogP contribution in [0.5, 0.6) is 34.5 Å². The molecule has 18 heteroatoms. The zero-order valence-electron chi connectivity index (χ0n) is 30.1. The monoisotopic (exact) mass is 776 g/mol. The maximum Gasteiger partial charge on any atom is 1.00 e. The van der Waals surface area contributed by atoms with Gasteiger partial charge in [-0.15, -0.1) is 0 Å². The number of phenolic OH excluding ortho intramolecular Hbond substituents is 6. The van der Waals surface area contributed by atoms with Gasteiger partial charge in [0.15, 0.2) is 23.0 Å². The van der Waals surface area contributed by atoms with Crippen LogP contribution in [0.25, 0.3) is 32.7 Å². The number of hydrogen-bond donors (Lipinski definition) is 6. The molecule has 0 spiro atoms. The minimum absolute atomic E-state index is 0. The number of hydrogen-bond acceptors (Lipinski definition) is 14. The predicted molar refractivity (Wildman–Crippen MR) is 189 cm³/mol. The molecule has 0 heterocycles. The molecule has 4 aromatic rings. The van der Waals surface area contributed by atoms with Crippen molar-refractivity contribution in [2.45, 2.75) is 53.4 Å². The minimum atomic E-state index is -4.61. The molecule has 270 valence electrons. The maximum absolute atomic E-state index is 12.0. The summed E-state index contributed by atoms with van der Waals surface area (Å²) in [6, 6.07) is 3.25. The van der Waals surface area contributed by atoms with Crippen molar-refractivity contribution in [1.29, 1.82) is 0 Å². The summed E-state index contributed by atoms with van der Waals surface area (Å²) in [5, 5.41) is 68.9. The third kappa shape index (κ3) is 9.17. The van der Waals surface area contributed by atoms with Crippen LogP contribution in [0.1, 0.15) is 72.9 Å². The van der Waals surface area contributed by atoms with Crippen LogP contribution in [-0.2, 0) is 20.2 Å². The molecule has 0 aliphatic heterocycles. The van der Waals surface area contributed by atoms with E-state index in [1.807, 2.05) is 0 Å². The Labute approximate surface area is 346 Å². The molecule has 0 unspecified atom stereocenters. The van der Waals surface area contributed by atoms with E-state index in [0.29, 0.717) is 21.9 Å². The van der Waals surface area contributed by atoms with E-state index in [0.717, 1.165) is 12.4 Å². The first-order chi connectivity index (χ1) is 23.1. The number of nitrogens with zero attached hydrogens (tertiary/aromatic N) is 2. The summed E-state index contributed by atoms with van der Waals surface area (Å²) in [6.07, 6.45) is 2.07. The third-order valence-corrected chi connectivity index (χ3v) is 9.74. The van der Waals surface area contributed by atoms with Crippen molar-refractivity contribution in [3.8, 4) is 45.6 Å². The molecule has 0 saturated carbocycles. The van der Waals surface area contributed by atoms with Crippen LogP contribution in [0.4, 0.5) is 0 Å². The van der Waals surface area contributed by atoms with E-state index in [2.05, 4.69) is 9.98 Å². The summed E-state index contributed by atoms with van der Waals surface area (Å²) >= 11 is 0. The van der Waals surface area contributed by atoms with Crippen molar-refractivity contribution in [2.75, 3.05) is 24.6 Å². The first kappa shape index (κ1) is 45.5. The molecule has 0 radical (unpaired) electrons. The molecular formula is C34H38N2Na2O12S2. The van der Waals surface area contributed by atoms with E-state index >= 15 is 0 Å². The van der Waals surface area contributed by atoms with Crippen molar-refractivity contribution in [3.63, 3.8) is 0 Å². The molecule has 0 aliphatic rings. The SMILES string of the molecule is Cc1cc2c(C(C)C)c(O)c(O)c(C=NCCS(=O)(=O)[O-])c2c(O)c1-c1c(C)cc2c(C(C)C)c(O)c(O)c(C=NCCS(=O)(=O)[O-])c2c1O.[Na+].[Na+]. The van der Waals surface area contributed by atoms with Gasteiger partial charge in [0.25, 0.3) is 0 Å². The molecule has 0 fully saturated rings. The summed E-state index contributed by atoms with van der Waals surface area (Å²) in [4.78, 5) is 7.89. The number of aryl methyl sites for hydroxylation is 2. The minimum Gasteiger partial charge on any atom is -0.748 e. The fourth-order valence-corrected chi connectivity index (χ4v) is 6.92. The van der Waals surface area contributed by atoms with E-state index < -0.39 is 79.3 Å². The van der Waals surface area contributed by atoms with Gasteiger partial charge in [-0.05, 0) is 47.6 Å². The van der Waals surface area contributed by atoms with Crippen LogP contribution in [0.2, 0.25) is 0 Å². The van der Waals surface area contributed by atoms with Gasteiger partial charge in [-0.2, -0.15) is 0 Å². The Hall–Kier alpha value is -2.64. The summed E-state index contributed by atoms with van der Waals surface area (Å²) in [5.41, 5.74) is 1.14. The molecule has 0 bridgehead atoms. The quantitative estimate of drug-likeness (QED) is 0.0449. The van der Waals surface area contributed by atoms with Gasteiger partial charge in [0.1, 0.15) is 11.5 Å². The molecule has 4 aromatic carbocycles. The average molecular weight is 777 g/mol. The van der Waals surface area contributed by atoms with E-state index in [9.17, 15) is 56.6 Å². The van der Waals surface area contributed by atoms with Crippen LogP contribution in [0.15, 0.2) is 22.1 Å². The van der Waals surface area contributed by atoms with Gasteiger partial charge in [-0.3, -0.25) is 9.98 Å². The van der Waals surface area contributed by atoms with Crippen molar-refractivity contribution in [3.05, 3.63) is 45.5 Å². The zero-order valence-corrected chi connectivity index (χ0v) is 35.8. The molecule has 0 amide bonds. The zero-order chi connectivity index (χ0) is 37.6. The van der Waals surface area contributed by atoms with Crippen molar-refractivity contribution >= 4 is 54.2 Å². The van der Waals surface area contributed by atoms with Crippen LogP contribution in [0.3, 0.4) is 0 Å². The third-order valence-electron chi connectivity index (χ3n) is 8.37. The Kier molecular flexibility index (Phi) is 15.1. The van der Waals surface area contributed by atoms with Gasteiger partial charge >= 0.3 is 59.1 Å². The maximum atomic E-state index is 12.0. The number of rotatable bonds is 11. The van der Waals surface area contributed by atoms with E-state index in [4.69, 9.17) is 0 Å². The largest absolute Gasteiger partial charge is 1.00 e. The number of fused-ring (bicyclic) bond motifs is 2. The summed E-state index contributed by atoms with van der Waals surface area (Å²) in [7, 11) is -9.22. The van der Waals surface area contributed by atoms with E-state index in [1.54, 1.807) is 53.7 Å². The molecule has 4 rings (SSSR count). The Bertz CT molecular complexity index is 2160. The first-order valence-corrected chi connectivity index (χ1v) is 18.6. The normalized spacial score (nSPS) is 12.4. The van der Waals surface area contributed by atoms with E-state index in [-0.39, 0.29) is 115 Å². The van der Waals surface area contributed by atoms with Crippen molar-refractivity contribution < 1.29 is 116 Å². The summed E-state index contributed by atoms with van der Waals surface area (Å²) < 4.78 is 66.7. The summed E-state index contributed by atoms with van der Waals surface area (Å²) in [6.45, 7) is 9.35. The fourth-order valence-electron chi connectivity index (χ4n) is 6.26. The fraction of sp³-hybridized carbons (Fsp3) is 0.353. The number of phenols is 6. The molecule has 0 saturated heterocycles. The number of aromatic hydroxyl groups is 6. The second-order valence-corrected chi connectivity index (χ2v) is 15.7. The first-order valence-electron chi connectivity index (χ1n) is 15.4. The molecule has 0 aliphatic carbocycles. The molecule has 6 N–H and O–H groups in total. The molecule has 0 atom stereocenters. The second kappa shape index (κ2) is 17.2. The number of aliphatic imine (C=N–C) groups is 2. The Balaban J connectivity index is 0.00000468. The number of benzene rings is 4. The standard InChI is InChI=1S/C34H40N2O12S2.2Na/c1-15(2)23-19-11-17(5)25(31(39)27(19)21(29(37)33(23)41)13-35-7-9-49(43,44)45)26-18(6)12-20-24(16(3)4)34(42)30(38)22(28(20)32(26)40)14-36-8-10-50(46,47)48;;/h11-16,37-42H,7-10H2,1-6H3,(H,43,44,45)(H,46,47,48);;/q;2*+1/p-2. The second-order valence-electron chi connectivity index (χ2n) is 12.6. The Morgan fingerprint density at radius 1 is 0.596 bits per heavy atom. The van der Waals surface area contributed by atoms with Gasteiger partial charge in [-0.1, -0.05) is 39.8 Å². The smallest absolute Gasteiger partial charge is 0.748 e. The molecule has 0 aromatic heterocycles. The van der Waals surface area contributed by atoms with Crippen molar-refractivity contribution in [1.82, 2.24) is 0 Å². The average Bonchev–Trinajstić information content (AvgIpc) is 2.97. The van der Waals surface area contributed by atoms with Crippen LogP contribution < -0.4 is 59.1 Å². The Morgan fingerprint density at radius 3 is 1.17 bits per heavy atom. The predicted octanol–water partition coefficient (Wildman–Crippen LogP) is -1.31. The topological polar surface area (TPSA) is 260 Å². The van der Waals surface area contributed by atoms with Gasteiger partial charge < -0.3 is 39.7 Å². The van der Waals surface area contributed by atoms with Gasteiger partial charge in [0.2, 0.25) is 0 Å². The van der Waals surface area contributed by atoms with Crippen LogP contribution in [-0.4, -0.2) is 93.6 Å². The van der Waals surface area contributed by atoms with Gasteiger partial charge in [-0.25, -0.2) is 16.8 Å². The van der Waals surface area contributed by atoms with Gasteiger partial charge in [0.05, 0.1) is 44.8 Å².